The highest BCUT2D eigenvalue weighted by molar-refractivity contribution is 6.99. The predicted octanol–water partition coefficient (Wildman–Crippen LogP) is 7.75. The normalized spacial score (nSPS) is 27.5. The lowest BCUT2D eigenvalue weighted by atomic mass is 9.61. The Labute approximate surface area is 293 Å². The summed E-state index contributed by atoms with van der Waals surface area (Å²) >= 11 is 0. The topological polar surface area (TPSA) is 57.2 Å². The van der Waals surface area contributed by atoms with Crippen molar-refractivity contribution in [2.24, 2.45) is 17.3 Å². The van der Waals surface area contributed by atoms with Crippen LogP contribution in [0.4, 0.5) is 0 Å². The highest BCUT2D eigenvalue weighted by Gasteiger charge is 2.57. The van der Waals surface area contributed by atoms with E-state index >= 15 is 0 Å². The molecule has 1 saturated carbocycles. The number of aliphatic hydroxyl groups excluding tert-OH is 1. The van der Waals surface area contributed by atoms with E-state index in [1.165, 1.54) is 27.1 Å². The highest BCUT2D eigenvalue weighted by atomic mass is 28.4. The van der Waals surface area contributed by atoms with E-state index in [1.807, 2.05) is 0 Å². The van der Waals surface area contributed by atoms with Crippen LogP contribution in [0, 0.1) is 17.3 Å². The van der Waals surface area contributed by atoms with Crippen LogP contribution in [0.5, 0.6) is 0 Å². The summed E-state index contributed by atoms with van der Waals surface area (Å²) in [6.45, 7) is 8.79. The third-order valence-corrected chi connectivity index (χ3v) is 16.4. The van der Waals surface area contributed by atoms with E-state index in [-0.39, 0.29) is 34.7 Å². The number of aliphatic hydroxyl groups is 1. The van der Waals surface area contributed by atoms with Gasteiger partial charge in [0.05, 0.1) is 12.7 Å². The molecular weight excluding hydrogens is 625 g/mol. The van der Waals surface area contributed by atoms with Gasteiger partial charge < -0.3 is 23.7 Å². The van der Waals surface area contributed by atoms with Crippen LogP contribution in [0.2, 0.25) is 5.04 Å². The molecule has 3 aliphatic rings. The van der Waals surface area contributed by atoms with Crippen LogP contribution in [-0.2, 0) is 25.1 Å². The molecule has 6 atom stereocenters. The van der Waals surface area contributed by atoms with Crippen LogP contribution in [0.1, 0.15) is 58.4 Å². The van der Waals surface area contributed by atoms with Crippen LogP contribution >= 0.6 is 0 Å². The molecule has 0 aromatic heterocycles. The molecule has 0 spiro atoms. The standard InChI is InChI=1S/C43H52O5Si/c1-42(2,3)49(36-17-9-5-10-18-36,37-19-11-6-12-20-37)47-30-35-27-38-41(44)46-31-43(38,29-39(35)48-40-21-13-14-26-45-40)28-32-22-24-34(25-23-32)33-15-7-4-8-16-33/h4-12,15-20,22-25,35,38-41,44H,13-14,21,26-31H2,1-3H3/t35-,38?,39+,40?,41?,43+/m0/s1. The summed E-state index contributed by atoms with van der Waals surface area (Å²) < 4.78 is 26.8. The Hall–Kier alpha value is -3.10. The van der Waals surface area contributed by atoms with Gasteiger partial charge >= 0.3 is 0 Å². The van der Waals surface area contributed by atoms with Gasteiger partial charge in [0.2, 0.25) is 0 Å². The first-order valence-electron chi connectivity index (χ1n) is 18.2. The van der Waals surface area contributed by atoms with Crippen molar-refractivity contribution in [3.05, 3.63) is 121 Å². The van der Waals surface area contributed by atoms with Gasteiger partial charge in [0.25, 0.3) is 8.32 Å². The number of ether oxygens (including phenoxy) is 3. The summed E-state index contributed by atoms with van der Waals surface area (Å²) in [4.78, 5) is 0. The fourth-order valence-electron chi connectivity index (χ4n) is 8.85. The molecule has 3 fully saturated rings. The zero-order valence-corrected chi connectivity index (χ0v) is 30.3. The van der Waals surface area contributed by atoms with Crippen molar-refractivity contribution < 1.29 is 23.7 Å². The van der Waals surface area contributed by atoms with Crippen molar-refractivity contribution in [2.45, 2.75) is 83.0 Å². The van der Waals surface area contributed by atoms with E-state index < -0.39 is 14.6 Å². The Kier molecular flexibility index (Phi) is 10.3. The minimum absolute atomic E-state index is 0.0128. The van der Waals surface area contributed by atoms with E-state index in [2.05, 4.69) is 136 Å². The largest absolute Gasteiger partial charge is 0.407 e. The molecule has 7 rings (SSSR count). The average Bonchev–Trinajstić information content (AvgIpc) is 3.44. The average molecular weight is 677 g/mol. The maximum atomic E-state index is 11.4. The molecule has 2 saturated heterocycles. The Morgan fingerprint density at radius 2 is 1.39 bits per heavy atom. The molecule has 1 aliphatic carbocycles. The van der Waals surface area contributed by atoms with Gasteiger partial charge in [-0.2, -0.15) is 0 Å². The number of hydrogen-bond donors (Lipinski definition) is 1. The van der Waals surface area contributed by atoms with E-state index in [1.54, 1.807) is 0 Å². The second kappa shape index (κ2) is 14.6. The van der Waals surface area contributed by atoms with E-state index in [0.29, 0.717) is 13.2 Å². The van der Waals surface area contributed by atoms with Crippen LogP contribution in [-0.4, -0.2) is 51.9 Å². The molecule has 1 N–H and O–H groups in total. The highest BCUT2D eigenvalue weighted by Crippen LogP contribution is 2.53. The summed E-state index contributed by atoms with van der Waals surface area (Å²) in [5.74, 6) is 0.0725. The van der Waals surface area contributed by atoms with Crippen molar-refractivity contribution in [1.29, 1.82) is 0 Å². The molecule has 4 aromatic rings. The Balaban J connectivity index is 1.19. The second-order valence-corrected chi connectivity index (χ2v) is 19.9. The van der Waals surface area contributed by atoms with Gasteiger partial charge in [-0.1, -0.05) is 136 Å². The minimum atomic E-state index is -2.76. The van der Waals surface area contributed by atoms with Crippen molar-refractivity contribution in [2.75, 3.05) is 19.8 Å². The summed E-state index contributed by atoms with van der Waals surface area (Å²) in [5.41, 5.74) is 3.45. The fourth-order valence-corrected chi connectivity index (χ4v) is 13.5. The van der Waals surface area contributed by atoms with E-state index in [4.69, 9.17) is 18.6 Å². The van der Waals surface area contributed by atoms with Crippen molar-refractivity contribution in [3.8, 4) is 11.1 Å². The monoisotopic (exact) mass is 676 g/mol. The zero-order chi connectivity index (χ0) is 33.9. The lowest BCUT2D eigenvalue weighted by molar-refractivity contribution is -0.220. The summed E-state index contributed by atoms with van der Waals surface area (Å²) in [6.07, 6.45) is 4.43. The first kappa shape index (κ1) is 34.4. The number of hydrogen-bond acceptors (Lipinski definition) is 5. The summed E-state index contributed by atoms with van der Waals surface area (Å²) in [7, 11) is -2.76. The van der Waals surface area contributed by atoms with Crippen LogP contribution in [0.3, 0.4) is 0 Å². The third-order valence-electron chi connectivity index (χ3n) is 11.4. The molecular formula is C43H52O5Si. The molecule has 0 radical (unpaired) electrons. The first-order valence-corrected chi connectivity index (χ1v) is 20.1. The first-order chi connectivity index (χ1) is 23.8. The van der Waals surface area contributed by atoms with Gasteiger partial charge in [0.15, 0.2) is 12.6 Å². The lowest BCUT2D eigenvalue weighted by Gasteiger charge is -2.49. The summed E-state index contributed by atoms with van der Waals surface area (Å²) in [6, 6.07) is 41.1. The molecule has 0 bridgehead atoms. The third kappa shape index (κ3) is 7.10. The maximum absolute atomic E-state index is 11.4. The molecule has 2 aliphatic heterocycles. The van der Waals surface area contributed by atoms with Gasteiger partial charge in [-0.25, -0.2) is 0 Å². The molecule has 49 heavy (non-hydrogen) atoms. The molecule has 0 amide bonds. The Morgan fingerprint density at radius 1 is 0.776 bits per heavy atom. The van der Waals surface area contributed by atoms with Crippen molar-refractivity contribution in [1.82, 2.24) is 0 Å². The quantitative estimate of drug-likeness (QED) is 0.174. The minimum Gasteiger partial charge on any atom is -0.407 e. The van der Waals surface area contributed by atoms with Gasteiger partial charge in [-0.15, -0.1) is 0 Å². The predicted molar refractivity (Wildman–Crippen MR) is 198 cm³/mol. The van der Waals surface area contributed by atoms with Crippen molar-refractivity contribution >= 4 is 18.7 Å². The van der Waals surface area contributed by atoms with Gasteiger partial charge in [-0.3, -0.25) is 0 Å². The van der Waals surface area contributed by atoms with E-state index in [9.17, 15) is 5.11 Å². The number of fused-ring (bicyclic) bond motifs is 1. The Morgan fingerprint density at radius 3 is 1.98 bits per heavy atom. The van der Waals surface area contributed by atoms with E-state index in [0.717, 1.165) is 45.1 Å². The van der Waals surface area contributed by atoms with Crippen LogP contribution in [0.15, 0.2) is 115 Å². The summed E-state index contributed by atoms with van der Waals surface area (Å²) in [5, 5.41) is 13.8. The maximum Gasteiger partial charge on any atom is 0.261 e. The zero-order valence-electron chi connectivity index (χ0n) is 29.3. The molecule has 3 unspecified atom stereocenters. The number of rotatable bonds is 10. The molecule has 5 nitrogen and oxygen atoms in total. The molecule has 4 aromatic carbocycles. The second-order valence-electron chi connectivity index (χ2n) is 15.6. The van der Waals surface area contributed by atoms with Gasteiger partial charge in [-0.05, 0) is 70.6 Å². The van der Waals surface area contributed by atoms with Crippen LogP contribution < -0.4 is 10.4 Å². The van der Waals surface area contributed by atoms with Gasteiger partial charge in [0, 0.05) is 30.5 Å². The van der Waals surface area contributed by atoms with Gasteiger partial charge in [0.1, 0.15) is 0 Å². The number of benzene rings is 4. The Bertz CT molecular complexity index is 1580. The molecule has 2 heterocycles. The fraction of sp³-hybridized carbons (Fsp3) is 0.442. The molecule has 6 heteroatoms. The lowest BCUT2D eigenvalue weighted by Crippen LogP contribution is -2.67. The van der Waals surface area contributed by atoms with Crippen LogP contribution in [0.25, 0.3) is 11.1 Å². The van der Waals surface area contributed by atoms with Crippen molar-refractivity contribution in [3.63, 3.8) is 0 Å². The smallest absolute Gasteiger partial charge is 0.261 e. The SMILES string of the molecule is CC(C)(C)[Si](OC[C@@H]1CC2C(O)OC[C@@]2(Cc2ccc(-c3ccccc3)cc2)C[C@H]1OC1CCCCO1)(c1ccccc1)c1ccccc1. The molecule has 258 valence electrons.